The monoisotopic (exact) mass is 289 g/mol. The molecule has 0 radical (unpaired) electrons. The zero-order valence-electron chi connectivity index (χ0n) is 13.3. The molecule has 4 heteroatoms. The molecule has 1 heterocycles. The fourth-order valence-electron chi connectivity index (χ4n) is 2.69. The number of carbonyl (C=O) groups is 1. The molecule has 0 bridgehead atoms. The first-order chi connectivity index (χ1) is 9.95. The number of carbonyl (C=O) groups excluding carboxylic acids is 1. The number of piperidine rings is 1. The Bertz CT molecular complexity index is 487. The summed E-state index contributed by atoms with van der Waals surface area (Å²) in [5.74, 6) is 1.05. The quantitative estimate of drug-likeness (QED) is 0.895. The SMILES string of the molecule is CC(C)c1cccc(NC(=O)CN2CCC(C)C(N)C2)c1. The van der Waals surface area contributed by atoms with Crippen LogP contribution >= 0.6 is 0 Å². The van der Waals surface area contributed by atoms with Crippen LogP contribution in [0, 0.1) is 5.92 Å². The van der Waals surface area contributed by atoms with Crippen molar-refractivity contribution < 1.29 is 4.79 Å². The summed E-state index contributed by atoms with van der Waals surface area (Å²) in [6.45, 7) is 8.66. The molecule has 0 aliphatic carbocycles. The van der Waals surface area contributed by atoms with E-state index in [0.29, 0.717) is 18.4 Å². The molecule has 1 amide bonds. The van der Waals surface area contributed by atoms with E-state index < -0.39 is 0 Å². The van der Waals surface area contributed by atoms with Crippen molar-refractivity contribution in [3.8, 4) is 0 Å². The molecule has 1 fully saturated rings. The lowest BCUT2D eigenvalue weighted by atomic mass is 9.94. The Labute approximate surface area is 127 Å². The summed E-state index contributed by atoms with van der Waals surface area (Å²) >= 11 is 0. The normalized spacial score (nSPS) is 23.3. The summed E-state index contributed by atoms with van der Waals surface area (Å²) in [5.41, 5.74) is 8.19. The van der Waals surface area contributed by atoms with E-state index in [4.69, 9.17) is 5.73 Å². The largest absolute Gasteiger partial charge is 0.326 e. The lowest BCUT2D eigenvalue weighted by molar-refractivity contribution is -0.117. The van der Waals surface area contributed by atoms with Gasteiger partial charge in [-0.2, -0.15) is 0 Å². The number of likely N-dealkylation sites (tertiary alicyclic amines) is 1. The molecule has 4 nitrogen and oxygen atoms in total. The van der Waals surface area contributed by atoms with E-state index in [1.54, 1.807) is 0 Å². The van der Waals surface area contributed by atoms with Crippen LogP contribution in [0.4, 0.5) is 5.69 Å². The van der Waals surface area contributed by atoms with E-state index in [1.807, 2.05) is 18.2 Å². The Morgan fingerprint density at radius 3 is 2.90 bits per heavy atom. The van der Waals surface area contributed by atoms with Gasteiger partial charge in [-0.15, -0.1) is 0 Å². The molecule has 1 aliphatic heterocycles. The van der Waals surface area contributed by atoms with E-state index >= 15 is 0 Å². The molecule has 0 aromatic heterocycles. The minimum Gasteiger partial charge on any atom is -0.326 e. The number of hydrogen-bond donors (Lipinski definition) is 2. The zero-order chi connectivity index (χ0) is 15.4. The van der Waals surface area contributed by atoms with Gasteiger partial charge < -0.3 is 11.1 Å². The Morgan fingerprint density at radius 1 is 1.48 bits per heavy atom. The van der Waals surface area contributed by atoms with Crippen molar-refractivity contribution in [3.05, 3.63) is 29.8 Å². The van der Waals surface area contributed by atoms with Crippen molar-refractivity contribution in [1.29, 1.82) is 0 Å². The van der Waals surface area contributed by atoms with E-state index in [9.17, 15) is 4.79 Å². The number of nitrogens with zero attached hydrogens (tertiary/aromatic N) is 1. The van der Waals surface area contributed by atoms with Crippen LogP contribution < -0.4 is 11.1 Å². The van der Waals surface area contributed by atoms with Crippen LogP contribution in [0.25, 0.3) is 0 Å². The Hall–Kier alpha value is -1.39. The van der Waals surface area contributed by atoms with Crippen LogP contribution in [0.2, 0.25) is 0 Å². The molecule has 1 aromatic rings. The molecule has 21 heavy (non-hydrogen) atoms. The number of nitrogens with one attached hydrogen (secondary N) is 1. The van der Waals surface area contributed by atoms with Gasteiger partial charge in [0.2, 0.25) is 5.91 Å². The molecule has 2 atom stereocenters. The lowest BCUT2D eigenvalue weighted by Gasteiger charge is -2.34. The number of anilines is 1. The van der Waals surface area contributed by atoms with Crippen LogP contribution in [0.15, 0.2) is 24.3 Å². The average Bonchev–Trinajstić information content (AvgIpc) is 2.43. The van der Waals surface area contributed by atoms with Gasteiger partial charge in [-0.1, -0.05) is 32.9 Å². The first-order valence-electron chi connectivity index (χ1n) is 7.83. The molecule has 1 saturated heterocycles. The summed E-state index contributed by atoms with van der Waals surface area (Å²) in [5, 5.41) is 2.99. The molecule has 1 aliphatic rings. The van der Waals surface area contributed by atoms with Gasteiger partial charge >= 0.3 is 0 Å². The van der Waals surface area contributed by atoms with Crippen LogP contribution in [0.1, 0.15) is 38.7 Å². The number of rotatable bonds is 4. The smallest absolute Gasteiger partial charge is 0.238 e. The zero-order valence-corrected chi connectivity index (χ0v) is 13.3. The van der Waals surface area contributed by atoms with Crippen molar-refractivity contribution in [2.45, 2.75) is 39.2 Å². The van der Waals surface area contributed by atoms with Crippen molar-refractivity contribution >= 4 is 11.6 Å². The summed E-state index contributed by atoms with van der Waals surface area (Å²) in [6, 6.07) is 8.24. The topological polar surface area (TPSA) is 58.4 Å². The van der Waals surface area contributed by atoms with Gasteiger partial charge in [0.25, 0.3) is 0 Å². The third-order valence-electron chi connectivity index (χ3n) is 4.30. The molecule has 116 valence electrons. The minimum absolute atomic E-state index is 0.0395. The third-order valence-corrected chi connectivity index (χ3v) is 4.30. The van der Waals surface area contributed by atoms with E-state index in [0.717, 1.165) is 25.2 Å². The van der Waals surface area contributed by atoms with Gasteiger partial charge in [0.15, 0.2) is 0 Å². The molecule has 0 spiro atoms. The van der Waals surface area contributed by atoms with Crippen LogP contribution in [0.3, 0.4) is 0 Å². The highest BCUT2D eigenvalue weighted by Crippen LogP contribution is 2.19. The standard InChI is InChI=1S/C17H27N3O/c1-12(2)14-5-4-6-15(9-14)19-17(21)11-20-8-7-13(3)16(18)10-20/h4-6,9,12-13,16H,7-8,10-11,18H2,1-3H3,(H,19,21). The van der Waals surface area contributed by atoms with Gasteiger partial charge in [-0.25, -0.2) is 0 Å². The fourth-order valence-corrected chi connectivity index (χ4v) is 2.69. The second kappa shape index (κ2) is 7.05. The van der Waals surface area contributed by atoms with Crippen molar-refractivity contribution in [2.75, 3.05) is 25.0 Å². The first-order valence-corrected chi connectivity index (χ1v) is 7.83. The van der Waals surface area contributed by atoms with Gasteiger partial charge in [-0.05, 0) is 42.5 Å². The maximum atomic E-state index is 12.2. The number of hydrogen-bond acceptors (Lipinski definition) is 3. The second-order valence-corrected chi connectivity index (χ2v) is 6.49. The summed E-state index contributed by atoms with van der Waals surface area (Å²) in [4.78, 5) is 14.3. The van der Waals surface area contributed by atoms with Gasteiger partial charge in [-0.3, -0.25) is 9.69 Å². The molecular weight excluding hydrogens is 262 g/mol. The lowest BCUT2D eigenvalue weighted by Crippen LogP contribution is -2.49. The summed E-state index contributed by atoms with van der Waals surface area (Å²) in [6.07, 6.45) is 1.07. The van der Waals surface area contributed by atoms with E-state index in [-0.39, 0.29) is 11.9 Å². The van der Waals surface area contributed by atoms with Gasteiger partial charge in [0.1, 0.15) is 0 Å². The average molecular weight is 289 g/mol. The predicted molar refractivity (Wildman–Crippen MR) is 87.4 cm³/mol. The minimum atomic E-state index is 0.0395. The van der Waals surface area contributed by atoms with Crippen molar-refractivity contribution in [2.24, 2.45) is 11.7 Å². The maximum absolute atomic E-state index is 12.2. The molecule has 2 rings (SSSR count). The van der Waals surface area contributed by atoms with E-state index in [2.05, 4.69) is 37.1 Å². The third kappa shape index (κ3) is 4.55. The molecule has 3 N–H and O–H groups in total. The predicted octanol–water partition coefficient (Wildman–Crippen LogP) is 2.42. The van der Waals surface area contributed by atoms with Crippen molar-refractivity contribution in [3.63, 3.8) is 0 Å². The first kappa shape index (κ1) is 16.0. The van der Waals surface area contributed by atoms with Crippen LogP contribution in [0.5, 0.6) is 0 Å². The molecule has 2 unspecified atom stereocenters. The van der Waals surface area contributed by atoms with Crippen LogP contribution in [-0.4, -0.2) is 36.5 Å². The fraction of sp³-hybridized carbons (Fsp3) is 0.588. The molecular formula is C17H27N3O. The highest BCUT2D eigenvalue weighted by molar-refractivity contribution is 5.92. The number of benzene rings is 1. The van der Waals surface area contributed by atoms with Gasteiger partial charge in [0, 0.05) is 18.3 Å². The van der Waals surface area contributed by atoms with E-state index in [1.165, 1.54) is 5.56 Å². The highest BCUT2D eigenvalue weighted by Gasteiger charge is 2.24. The molecule has 0 saturated carbocycles. The van der Waals surface area contributed by atoms with Gasteiger partial charge in [0.05, 0.1) is 6.54 Å². The number of nitrogens with two attached hydrogens (primary N) is 1. The number of amides is 1. The van der Waals surface area contributed by atoms with Crippen molar-refractivity contribution in [1.82, 2.24) is 4.90 Å². The highest BCUT2D eigenvalue weighted by atomic mass is 16.2. The molecule has 1 aromatic carbocycles. The second-order valence-electron chi connectivity index (χ2n) is 6.49. The Morgan fingerprint density at radius 2 is 2.24 bits per heavy atom. The summed E-state index contributed by atoms with van der Waals surface area (Å²) < 4.78 is 0. The Kier molecular flexibility index (Phi) is 5.37. The summed E-state index contributed by atoms with van der Waals surface area (Å²) in [7, 11) is 0. The maximum Gasteiger partial charge on any atom is 0.238 e. The Balaban J connectivity index is 1.88. The van der Waals surface area contributed by atoms with Crippen LogP contribution in [-0.2, 0) is 4.79 Å².